The Hall–Kier alpha value is -2.28. The van der Waals surface area contributed by atoms with Gasteiger partial charge in [0.15, 0.2) is 0 Å². The maximum absolute atomic E-state index is 12.6. The summed E-state index contributed by atoms with van der Waals surface area (Å²) in [5.74, 6) is -0.489. The van der Waals surface area contributed by atoms with Gasteiger partial charge in [0.25, 0.3) is 5.91 Å². The number of hydrogen-bond donors (Lipinski definition) is 1. The highest BCUT2D eigenvalue weighted by Gasteiger charge is 2.24. The number of amides is 1. The van der Waals surface area contributed by atoms with Crippen LogP contribution in [0.5, 0.6) is 0 Å². The minimum atomic E-state index is -0.544. The van der Waals surface area contributed by atoms with E-state index in [1.165, 1.54) is 29.7 Å². The first-order valence-electron chi connectivity index (χ1n) is 7.60. The van der Waals surface area contributed by atoms with Crippen LogP contribution >= 0.6 is 34.5 Å². The van der Waals surface area contributed by atoms with Gasteiger partial charge < -0.3 is 14.5 Å². The first kappa shape index (κ1) is 18.5. The van der Waals surface area contributed by atoms with Crippen molar-refractivity contribution in [3.8, 4) is 11.3 Å². The quantitative estimate of drug-likeness (QED) is 0.545. The van der Waals surface area contributed by atoms with E-state index in [2.05, 4.69) is 5.32 Å². The number of nitrogens with one attached hydrogen (secondary N) is 1. The molecule has 134 valence electrons. The molecule has 8 heteroatoms. The third-order valence-corrected chi connectivity index (χ3v) is 4.90. The van der Waals surface area contributed by atoms with Gasteiger partial charge in [0, 0.05) is 16.0 Å². The summed E-state index contributed by atoms with van der Waals surface area (Å²) in [5.41, 5.74) is 1.04. The Morgan fingerprint density at radius 2 is 2.08 bits per heavy atom. The van der Waals surface area contributed by atoms with Crippen molar-refractivity contribution < 1.29 is 18.7 Å². The van der Waals surface area contributed by atoms with E-state index < -0.39 is 11.9 Å². The molecule has 0 saturated carbocycles. The highest BCUT2D eigenvalue weighted by molar-refractivity contribution is 7.15. The summed E-state index contributed by atoms with van der Waals surface area (Å²) in [5, 5.41) is 5.44. The largest absolute Gasteiger partial charge is 0.464 e. The molecule has 1 amide bonds. The number of ether oxygens (including phenoxy) is 1. The monoisotopic (exact) mass is 409 g/mol. The molecule has 3 rings (SSSR count). The molecule has 1 aromatic carbocycles. The summed E-state index contributed by atoms with van der Waals surface area (Å²) in [6.45, 7) is 1.92. The third-order valence-electron chi connectivity index (χ3n) is 3.46. The number of benzene rings is 1. The van der Waals surface area contributed by atoms with Crippen LogP contribution < -0.4 is 5.32 Å². The van der Waals surface area contributed by atoms with Crippen molar-refractivity contribution in [2.45, 2.75) is 6.92 Å². The van der Waals surface area contributed by atoms with E-state index in [-0.39, 0.29) is 22.8 Å². The lowest BCUT2D eigenvalue weighted by Gasteiger charge is -2.09. The van der Waals surface area contributed by atoms with Crippen LogP contribution in [-0.4, -0.2) is 18.5 Å². The number of hydrogen-bond acceptors (Lipinski definition) is 5. The molecule has 0 spiro atoms. The number of esters is 1. The first-order chi connectivity index (χ1) is 12.5. The van der Waals surface area contributed by atoms with Crippen molar-refractivity contribution in [3.05, 3.63) is 63.1 Å². The Balaban J connectivity index is 1.97. The zero-order chi connectivity index (χ0) is 18.7. The Kier molecular flexibility index (Phi) is 5.66. The summed E-state index contributed by atoms with van der Waals surface area (Å²) in [7, 11) is 0. The molecule has 1 N–H and O–H groups in total. The van der Waals surface area contributed by atoms with Crippen LogP contribution in [0.2, 0.25) is 10.0 Å². The zero-order valence-corrected chi connectivity index (χ0v) is 15.9. The van der Waals surface area contributed by atoms with E-state index in [4.69, 9.17) is 32.4 Å². The molecule has 0 radical (unpaired) electrons. The van der Waals surface area contributed by atoms with Crippen LogP contribution in [0, 0.1) is 0 Å². The van der Waals surface area contributed by atoms with E-state index >= 15 is 0 Å². The molecular formula is C18H13Cl2NO4S. The fraction of sp³-hybridized carbons (Fsp3) is 0.111. The molecule has 2 heterocycles. The molecule has 0 aliphatic heterocycles. The molecule has 0 fully saturated rings. The van der Waals surface area contributed by atoms with Crippen molar-refractivity contribution in [1.82, 2.24) is 0 Å². The standard InChI is InChI=1S/C18H13Cl2NO4S/c1-2-24-18(23)15-12(14-4-3-7-25-14)9-26-17(15)21-16(22)11-6-5-10(19)8-13(11)20/h3-9H,2H2,1H3,(H,21,22). The lowest BCUT2D eigenvalue weighted by Crippen LogP contribution is -2.15. The predicted octanol–water partition coefficient (Wildman–Crippen LogP) is 5.74. The second kappa shape index (κ2) is 7.95. The maximum atomic E-state index is 12.6. The fourth-order valence-corrected chi connectivity index (χ4v) is 3.74. The van der Waals surface area contributed by atoms with Crippen molar-refractivity contribution in [3.63, 3.8) is 0 Å². The topological polar surface area (TPSA) is 68.5 Å². The van der Waals surface area contributed by atoms with Crippen LogP contribution in [0.3, 0.4) is 0 Å². The lowest BCUT2D eigenvalue weighted by molar-refractivity contribution is 0.0529. The van der Waals surface area contributed by atoms with E-state index in [1.54, 1.807) is 30.5 Å². The Bertz CT molecular complexity index is 950. The normalized spacial score (nSPS) is 10.6. The number of carbonyl (C=O) groups excluding carboxylic acids is 2. The third kappa shape index (κ3) is 3.77. The zero-order valence-electron chi connectivity index (χ0n) is 13.5. The Morgan fingerprint density at radius 1 is 1.27 bits per heavy atom. The summed E-state index contributed by atoms with van der Waals surface area (Å²) >= 11 is 13.1. The van der Waals surface area contributed by atoms with Gasteiger partial charge in [-0.25, -0.2) is 4.79 Å². The molecule has 0 saturated heterocycles. The van der Waals surface area contributed by atoms with Crippen LogP contribution in [0.25, 0.3) is 11.3 Å². The highest BCUT2D eigenvalue weighted by Crippen LogP contribution is 2.37. The average Bonchev–Trinajstić information content (AvgIpc) is 3.24. The molecule has 0 bridgehead atoms. The summed E-state index contributed by atoms with van der Waals surface area (Å²) in [4.78, 5) is 25.0. The molecule has 26 heavy (non-hydrogen) atoms. The molecule has 0 aliphatic rings. The molecule has 0 aliphatic carbocycles. The van der Waals surface area contributed by atoms with Gasteiger partial charge in [-0.2, -0.15) is 0 Å². The van der Waals surface area contributed by atoms with E-state index in [9.17, 15) is 9.59 Å². The van der Waals surface area contributed by atoms with Crippen molar-refractivity contribution in [1.29, 1.82) is 0 Å². The number of anilines is 1. The summed E-state index contributed by atoms with van der Waals surface area (Å²) in [6.07, 6.45) is 1.51. The van der Waals surface area contributed by atoms with E-state index in [1.807, 2.05) is 0 Å². The van der Waals surface area contributed by atoms with Gasteiger partial charge in [-0.15, -0.1) is 11.3 Å². The number of thiophene rings is 1. The fourth-order valence-electron chi connectivity index (χ4n) is 2.31. The minimum absolute atomic E-state index is 0.211. The smallest absolute Gasteiger partial charge is 0.341 e. The predicted molar refractivity (Wildman–Crippen MR) is 102 cm³/mol. The van der Waals surface area contributed by atoms with Gasteiger partial charge in [-0.1, -0.05) is 23.2 Å². The van der Waals surface area contributed by atoms with E-state index in [0.717, 1.165) is 0 Å². The van der Waals surface area contributed by atoms with Crippen molar-refractivity contribution in [2.75, 3.05) is 11.9 Å². The Labute approximate surface area is 163 Å². The SMILES string of the molecule is CCOC(=O)c1c(-c2ccco2)csc1NC(=O)c1ccc(Cl)cc1Cl. The minimum Gasteiger partial charge on any atom is -0.464 e. The molecule has 0 unspecified atom stereocenters. The maximum Gasteiger partial charge on any atom is 0.341 e. The van der Waals surface area contributed by atoms with Gasteiger partial charge in [0.2, 0.25) is 0 Å². The number of rotatable bonds is 5. The van der Waals surface area contributed by atoms with Crippen LogP contribution in [0.4, 0.5) is 5.00 Å². The lowest BCUT2D eigenvalue weighted by atomic mass is 10.1. The number of halogens is 2. The Morgan fingerprint density at radius 3 is 2.73 bits per heavy atom. The van der Waals surface area contributed by atoms with Crippen molar-refractivity contribution >= 4 is 51.4 Å². The highest BCUT2D eigenvalue weighted by atomic mass is 35.5. The molecular weight excluding hydrogens is 397 g/mol. The van der Waals surface area contributed by atoms with Crippen LogP contribution in [-0.2, 0) is 4.74 Å². The summed E-state index contributed by atoms with van der Waals surface area (Å²) in [6, 6.07) is 8.01. The van der Waals surface area contributed by atoms with Gasteiger partial charge in [-0.3, -0.25) is 4.79 Å². The van der Waals surface area contributed by atoms with Gasteiger partial charge in [-0.05, 0) is 37.3 Å². The first-order valence-corrected chi connectivity index (χ1v) is 9.23. The van der Waals surface area contributed by atoms with Gasteiger partial charge in [0.1, 0.15) is 16.3 Å². The van der Waals surface area contributed by atoms with E-state index in [0.29, 0.717) is 21.3 Å². The second-order valence-electron chi connectivity index (χ2n) is 5.13. The summed E-state index contributed by atoms with van der Waals surface area (Å²) < 4.78 is 10.5. The average molecular weight is 410 g/mol. The second-order valence-corrected chi connectivity index (χ2v) is 6.85. The van der Waals surface area contributed by atoms with Crippen LogP contribution in [0.1, 0.15) is 27.6 Å². The van der Waals surface area contributed by atoms with Crippen molar-refractivity contribution in [2.24, 2.45) is 0 Å². The molecule has 5 nitrogen and oxygen atoms in total. The molecule has 0 atom stereocenters. The molecule has 2 aromatic heterocycles. The van der Waals surface area contributed by atoms with Crippen LogP contribution in [0.15, 0.2) is 46.4 Å². The van der Waals surface area contributed by atoms with Gasteiger partial charge >= 0.3 is 5.97 Å². The van der Waals surface area contributed by atoms with Gasteiger partial charge in [0.05, 0.1) is 23.5 Å². The number of carbonyl (C=O) groups is 2. The number of furan rings is 1. The molecule has 3 aromatic rings.